The normalized spacial score (nSPS) is 12.4. The molecule has 1 amide bonds. The molecular weight excluding hydrogens is 440 g/mol. The summed E-state index contributed by atoms with van der Waals surface area (Å²) < 4.78 is 18.9. The number of hydrogen-bond acceptors (Lipinski definition) is 6. The molecule has 170 valence electrons. The molecule has 0 fully saturated rings. The zero-order chi connectivity index (χ0) is 22.9. The number of carbonyl (C=O) groups excluding carboxylic acids is 1. The highest BCUT2D eigenvalue weighted by atomic mass is 32.1. The minimum atomic E-state index is -0.283. The number of carbonyl (C=O) groups is 1. The number of para-hydroxylation sites is 1. The Bertz CT molecular complexity index is 1420. The third-order valence-electron chi connectivity index (χ3n) is 5.80. The number of fused-ring (bicyclic) bond motifs is 4. The van der Waals surface area contributed by atoms with Crippen LogP contribution in [-0.2, 0) is 13.1 Å². The van der Waals surface area contributed by atoms with E-state index in [4.69, 9.17) is 14.2 Å². The number of unbranched alkanes of at least 4 members (excludes halogenated alkanes) is 1. The third kappa shape index (κ3) is 3.70. The number of nitrogens with one attached hydrogen (secondary N) is 1. The van der Waals surface area contributed by atoms with E-state index in [9.17, 15) is 9.59 Å². The summed E-state index contributed by atoms with van der Waals surface area (Å²) in [5, 5.41) is 4.35. The quantitative estimate of drug-likeness (QED) is 0.430. The molecule has 0 saturated carbocycles. The van der Waals surface area contributed by atoms with E-state index in [1.807, 2.05) is 42.5 Å². The van der Waals surface area contributed by atoms with Gasteiger partial charge in [0.25, 0.3) is 11.5 Å². The molecule has 2 aromatic carbocycles. The zero-order valence-corrected chi connectivity index (χ0v) is 19.3. The number of aromatic nitrogens is 1. The highest BCUT2D eigenvalue weighted by Gasteiger charge is 2.25. The predicted molar refractivity (Wildman–Crippen MR) is 129 cm³/mol. The van der Waals surface area contributed by atoms with Crippen LogP contribution in [0.1, 0.15) is 35.0 Å². The summed E-state index contributed by atoms with van der Waals surface area (Å²) in [4.78, 5) is 27.0. The second-order valence-electron chi connectivity index (χ2n) is 7.87. The molecule has 0 unspecified atom stereocenters. The first-order valence-corrected chi connectivity index (χ1v) is 11.7. The summed E-state index contributed by atoms with van der Waals surface area (Å²) >= 11 is 1.29. The summed E-state index contributed by atoms with van der Waals surface area (Å²) in [6, 6.07) is 13.4. The molecule has 7 nitrogen and oxygen atoms in total. The van der Waals surface area contributed by atoms with Crippen LogP contribution in [0.3, 0.4) is 0 Å². The van der Waals surface area contributed by atoms with E-state index in [0.29, 0.717) is 40.6 Å². The van der Waals surface area contributed by atoms with E-state index in [2.05, 4.69) is 12.2 Å². The highest BCUT2D eigenvalue weighted by molar-refractivity contribution is 7.22. The number of aryl methyl sites for hydroxylation is 1. The summed E-state index contributed by atoms with van der Waals surface area (Å²) in [5.41, 5.74) is 1.64. The summed E-state index contributed by atoms with van der Waals surface area (Å²) in [6.45, 7) is 3.23. The number of pyridine rings is 1. The number of benzene rings is 2. The minimum Gasteiger partial charge on any atom is -0.494 e. The lowest BCUT2D eigenvalue weighted by atomic mass is 10.1. The SMILES string of the molecule is CCCCn1c(=O)c2c(OC)c(C(=O)NCc3ccc4c(c3)OCO4)sc2c2ccccc21. The van der Waals surface area contributed by atoms with Crippen molar-refractivity contribution in [2.24, 2.45) is 0 Å². The molecular formula is C25H24N2O5S. The van der Waals surface area contributed by atoms with E-state index in [1.165, 1.54) is 18.4 Å². The number of methoxy groups -OCH3 is 1. The largest absolute Gasteiger partial charge is 0.494 e. The molecule has 1 aliphatic heterocycles. The molecule has 8 heteroatoms. The lowest BCUT2D eigenvalue weighted by Crippen LogP contribution is -2.23. The smallest absolute Gasteiger partial charge is 0.265 e. The first kappa shape index (κ1) is 21.3. The van der Waals surface area contributed by atoms with Gasteiger partial charge in [0, 0.05) is 18.5 Å². The maximum Gasteiger partial charge on any atom is 0.265 e. The van der Waals surface area contributed by atoms with Crippen LogP contribution in [-0.4, -0.2) is 24.4 Å². The number of rotatable bonds is 7. The van der Waals surface area contributed by atoms with Gasteiger partial charge in [-0.3, -0.25) is 9.59 Å². The fourth-order valence-corrected chi connectivity index (χ4v) is 5.35. The summed E-state index contributed by atoms with van der Waals surface area (Å²) in [5.74, 6) is 1.41. The van der Waals surface area contributed by atoms with Crippen molar-refractivity contribution in [3.05, 3.63) is 63.3 Å². The standard InChI is InChI=1S/C25H24N2O5S/c1-3-4-11-27-17-8-6-5-7-16(17)22-20(25(27)29)21(30-2)23(33-22)24(28)26-13-15-9-10-18-19(12-15)32-14-31-18/h5-10,12H,3-4,11,13-14H2,1-2H3,(H,26,28). The molecule has 3 heterocycles. The second-order valence-corrected chi connectivity index (χ2v) is 8.89. The molecule has 4 aromatic rings. The number of hydrogen-bond donors (Lipinski definition) is 1. The van der Waals surface area contributed by atoms with Gasteiger partial charge in [0.15, 0.2) is 17.2 Å². The predicted octanol–water partition coefficient (Wildman–Crippen LogP) is 4.68. The highest BCUT2D eigenvalue weighted by Crippen LogP contribution is 2.39. The van der Waals surface area contributed by atoms with Gasteiger partial charge < -0.3 is 24.1 Å². The van der Waals surface area contributed by atoms with Gasteiger partial charge in [0.2, 0.25) is 6.79 Å². The average molecular weight is 465 g/mol. The molecule has 0 atom stereocenters. The van der Waals surface area contributed by atoms with Crippen molar-refractivity contribution in [2.75, 3.05) is 13.9 Å². The first-order valence-electron chi connectivity index (χ1n) is 10.9. The third-order valence-corrected chi connectivity index (χ3v) is 7.00. The van der Waals surface area contributed by atoms with Crippen LogP contribution >= 0.6 is 11.3 Å². The van der Waals surface area contributed by atoms with Gasteiger partial charge in [-0.15, -0.1) is 11.3 Å². The van der Waals surface area contributed by atoms with E-state index < -0.39 is 0 Å². The Morgan fingerprint density at radius 2 is 2.00 bits per heavy atom. The van der Waals surface area contributed by atoms with Crippen LogP contribution in [0.4, 0.5) is 0 Å². The Balaban J connectivity index is 1.54. The van der Waals surface area contributed by atoms with Gasteiger partial charge in [-0.2, -0.15) is 0 Å². The Kier molecular flexibility index (Phi) is 5.68. The maximum absolute atomic E-state index is 13.5. The van der Waals surface area contributed by atoms with Crippen LogP contribution in [0, 0.1) is 0 Å². The molecule has 5 rings (SSSR count). The molecule has 0 aliphatic carbocycles. The molecule has 1 N–H and O–H groups in total. The Morgan fingerprint density at radius 1 is 1.18 bits per heavy atom. The fourth-order valence-electron chi connectivity index (χ4n) is 4.14. The van der Waals surface area contributed by atoms with Crippen molar-refractivity contribution in [3.63, 3.8) is 0 Å². The molecule has 33 heavy (non-hydrogen) atoms. The number of thiophene rings is 1. The Labute approximate surface area is 194 Å². The van der Waals surface area contributed by atoms with E-state index >= 15 is 0 Å². The fraction of sp³-hybridized carbons (Fsp3) is 0.280. The van der Waals surface area contributed by atoms with Crippen LogP contribution < -0.4 is 25.1 Å². The number of nitrogens with zero attached hydrogens (tertiary/aromatic N) is 1. The van der Waals surface area contributed by atoms with Crippen LogP contribution in [0.2, 0.25) is 0 Å². The van der Waals surface area contributed by atoms with Gasteiger partial charge in [0.1, 0.15) is 10.3 Å². The summed E-state index contributed by atoms with van der Waals surface area (Å²) in [7, 11) is 1.50. The van der Waals surface area contributed by atoms with E-state index in [-0.39, 0.29) is 18.3 Å². The monoisotopic (exact) mass is 464 g/mol. The molecule has 2 aromatic heterocycles. The average Bonchev–Trinajstić information content (AvgIpc) is 3.47. The van der Waals surface area contributed by atoms with Crippen LogP contribution in [0.15, 0.2) is 47.3 Å². The van der Waals surface area contributed by atoms with Crippen molar-refractivity contribution >= 4 is 38.2 Å². The molecule has 0 radical (unpaired) electrons. The van der Waals surface area contributed by atoms with Crippen molar-refractivity contribution < 1.29 is 19.0 Å². The minimum absolute atomic E-state index is 0.125. The second kappa shape index (κ2) is 8.78. The van der Waals surface area contributed by atoms with Crippen LogP contribution in [0.5, 0.6) is 17.2 Å². The topological polar surface area (TPSA) is 78.8 Å². The van der Waals surface area contributed by atoms with Crippen molar-refractivity contribution in [3.8, 4) is 17.2 Å². The Hall–Kier alpha value is -3.52. The van der Waals surface area contributed by atoms with Gasteiger partial charge in [-0.1, -0.05) is 37.6 Å². The van der Waals surface area contributed by atoms with Gasteiger partial charge in [-0.25, -0.2) is 0 Å². The van der Waals surface area contributed by atoms with Gasteiger partial charge in [-0.05, 0) is 30.2 Å². The van der Waals surface area contributed by atoms with Crippen molar-refractivity contribution in [1.29, 1.82) is 0 Å². The van der Waals surface area contributed by atoms with Crippen molar-refractivity contribution in [2.45, 2.75) is 32.9 Å². The lowest BCUT2D eigenvalue weighted by Gasteiger charge is -2.11. The van der Waals surface area contributed by atoms with E-state index in [1.54, 1.807) is 4.57 Å². The van der Waals surface area contributed by atoms with Crippen molar-refractivity contribution in [1.82, 2.24) is 9.88 Å². The number of ether oxygens (including phenoxy) is 3. The number of amides is 1. The molecule has 0 bridgehead atoms. The summed E-state index contributed by atoms with van der Waals surface area (Å²) in [6.07, 6.45) is 1.87. The van der Waals surface area contributed by atoms with Gasteiger partial charge in [0.05, 0.1) is 17.3 Å². The Morgan fingerprint density at radius 3 is 2.82 bits per heavy atom. The first-order chi connectivity index (χ1) is 16.1. The van der Waals surface area contributed by atoms with E-state index in [0.717, 1.165) is 34.0 Å². The van der Waals surface area contributed by atoms with Gasteiger partial charge >= 0.3 is 0 Å². The molecule has 1 aliphatic rings. The maximum atomic E-state index is 13.5. The lowest BCUT2D eigenvalue weighted by molar-refractivity contribution is 0.0952. The van der Waals surface area contributed by atoms with Crippen LogP contribution in [0.25, 0.3) is 21.0 Å². The molecule has 0 saturated heterocycles. The molecule has 0 spiro atoms. The zero-order valence-electron chi connectivity index (χ0n) is 18.5.